The molecule has 0 spiro atoms. The summed E-state index contributed by atoms with van der Waals surface area (Å²) in [4.78, 5) is 31.0. The Morgan fingerprint density at radius 2 is 2.00 bits per heavy atom. The molecule has 2 aromatic rings. The highest BCUT2D eigenvalue weighted by atomic mass is 16.7. The minimum Gasteiger partial charge on any atom is -0.454 e. The number of benzene rings is 1. The molecule has 1 amide bonds. The lowest BCUT2D eigenvalue weighted by Crippen LogP contribution is -2.27. The van der Waals surface area contributed by atoms with Crippen LogP contribution in [-0.4, -0.2) is 27.2 Å². The molecule has 7 heteroatoms. The zero-order valence-corrected chi connectivity index (χ0v) is 12.8. The molecule has 118 valence electrons. The number of aromatic nitrogens is 2. The first-order chi connectivity index (χ1) is 11.0. The zero-order chi connectivity index (χ0) is 16.1. The first kappa shape index (κ1) is 13.8. The average molecular weight is 313 g/mol. The first-order valence-corrected chi connectivity index (χ1v) is 7.29. The number of rotatable bonds is 1. The number of hydrogen-bond acceptors (Lipinski definition) is 5. The molecule has 3 heterocycles. The van der Waals surface area contributed by atoms with Crippen molar-refractivity contribution in [3.63, 3.8) is 0 Å². The van der Waals surface area contributed by atoms with Crippen molar-refractivity contribution >= 4 is 5.91 Å². The molecule has 0 saturated carbocycles. The molecule has 0 unspecified atom stereocenters. The van der Waals surface area contributed by atoms with E-state index in [1.54, 1.807) is 37.1 Å². The first-order valence-electron chi connectivity index (χ1n) is 7.29. The van der Waals surface area contributed by atoms with Crippen LogP contribution in [0.15, 0.2) is 23.0 Å². The van der Waals surface area contributed by atoms with E-state index >= 15 is 0 Å². The third-order valence-corrected chi connectivity index (χ3v) is 4.29. The largest absolute Gasteiger partial charge is 0.454 e. The van der Waals surface area contributed by atoms with Gasteiger partial charge in [0.2, 0.25) is 6.79 Å². The van der Waals surface area contributed by atoms with Gasteiger partial charge in [-0.15, -0.1) is 0 Å². The third kappa shape index (κ3) is 2.08. The fourth-order valence-electron chi connectivity index (χ4n) is 2.88. The van der Waals surface area contributed by atoms with Crippen LogP contribution < -0.4 is 15.0 Å². The predicted molar refractivity (Wildman–Crippen MR) is 80.4 cm³/mol. The van der Waals surface area contributed by atoms with Gasteiger partial charge in [-0.2, -0.15) is 0 Å². The molecule has 1 aromatic carbocycles. The number of fused-ring (bicyclic) bond motifs is 2. The molecule has 0 radical (unpaired) electrons. The maximum atomic E-state index is 12.7. The van der Waals surface area contributed by atoms with E-state index < -0.39 is 0 Å². The monoisotopic (exact) mass is 313 g/mol. The van der Waals surface area contributed by atoms with Gasteiger partial charge in [0.15, 0.2) is 11.5 Å². The summed E-state index contributed by atoms with van der Waals surface area (Å²) in [7, 11) is 1.69. The van der Waals surface area contributed by atoms with Crippen molar-refractivity contribution in [1.82, 2.24) is 14.5 Å². The van der Waals surface area contributed by atoms with Gasteiger partial charge in [0.25, 0.3) is 11.5 Å². The summed E-state index contributed by atoms with van der Waals surface area (Å²) in [5.41, 5.74) is 1.69. The lowest BCUT2D eigenvalue weighted by Gasteiger charge is -2.15. The SMILES string of the molecule is Cc1nc2c(c(=O)n1C)CN(C(=O)c1ccc3c(c1)OCO3)C2. The van der Waals surface area contributed by atoms with Crippen LogP contribution in [0.3, 0.4) is 0 Å². The Balaban J connectivity index is 1.64. The van der Waals surface area contributed by atoms with Gasteiger partial charge in [-0.1, -0.05) is 0 Å². The van der Waals surface area contributed by atoms with Gasteiger partial charge in [0.1, 0.15) is 5.82 Å². The topological polar surface area (TPSA) is 73.7 Å². The number of nitrogens with zero attached hydrogens (tertiary/aromatic N) is 3. The Morgan fingerprint density at radius 3 is 2.83 bits per heavy atom. The number of aryl methyl sites for hydroxylation is 1. The van der Waals surface area contributed by atoms with E-state index in [2.05, 4.69) is 4.98 Å². The molecule has 2 aliphatic heterocycles. The quantitative estimate of drug-likeness (QED) is 0.784. The van der Waals surface area contributed by atoms with Crippen molar-refractivity contribution in [2.24, 2.45) is 7.05 Å². The summed E-state index contributed by atoms with van der Waals surface area (Å²) >= 11 is 0. The smallest absolute Gasteiger partial charge is 0.258 e. The highest BCUT2D eigenvalue weighted by Gasteiger charge is 2.29. The summed E-state index contributed by atoms with van der Waals surface area (Å²) in [5, 5.41) is 0. The Morgan fingerprint density at radius 1 is 1.22 bits per heavy atom. The molecule has 0 N–H and O–H groups in total. The molecular formula is C16H15N3O4. The van der Waals surface area contributed by atoms with Crippen LogP contribution in [0.4, 0.5) is 0 Å². The van der Waals surface area contributed by atoms with E-state index in [0.717, 1.165) is 0 Å². The molecule has 1 aromatic heterocycles. The van der Waals surface area contributed by atoms with Crippen LogP contribution >= 0.6 is 0 Å². The average Bonchev–Trinajstić information content (AvgIpc) is 3.17. The van der Waals surface area contributed by atoms with Crippen molar-refractivity contribution in [3.05, 3.63) is 51.2 Å². The molecule has 23 heavy (non-hydrogen) atoms. The molecule has 0 atom stereocenters. The van der Waals surface area contributed by atoms with Crippen LogP contribution in [0.5, 0.6) is 11.5 Å². The van der Waals surface area contributed by atoms with Crippen LogP contribution in [-0.2, 0) is 20.1 Å². The summed E-state index contributed by atoms with van der Waals surface area (Å²) in [5.74, 6) is 1.70. The van der Waals surface area contributed by atoms with E-state index in [9.17, 15) is 9.59 Å². The van der Waals surface area contributed by atoms with Gasteiger partial charge >= 0.3 is 0 Å². The number of carbonyl (C=O) groups excluding carboxylic acids is 1. The predicted octanol–water partition coefficient (Wildman–Crippen LogP) is 0.973. The molecule has 0 saturated heterocycles. The Labute approximate surface area is 132 Å². The van der Waals surface area contributed by atoms with Gasteiger partial charge < -0.3 is 14.4 Å². The fraction of sp³-hybridized carbons (Fsp3) is 0.312. The van der Waals surface area contributed by atoms with Crippen LogP contribution in [0.1, 0.15) is 27.4 Å². The molecule has 0 bridgehead atoms. The van der Waals surface area contributed by atoms with Gasteiger partial charge in [-0.25, -0.2) is 4.98 Å². The number of amides is 1. The second kappa shape index (κ2) is 4.84. The van der Waals surface area contributed by atoms with E-state index in [0.29, 0.717) is 40.7 Å². The van der Waals surface area contributed by atoms with Gasteiger partial charge in [0, 0.05) is 12.6 Å². The van der Waals surface area contributed by atoms with Gasteiger partial charge in [-0.3, -0.25) is 14.2 Å². The fourth-order valence-corrected chi connectivity index (χ4v) is 2.88. The van der Waals surface area contributed by atoms with Crippen molar-refractivity contribution < 1.29 is 14.3 Å². The molecular weight excluding hydrogens is 298 g/mol. The highest BCUT2D eigenvalue weighted by molar-refractivity contribution is 5.95. The van der Waals surface area contributed by atoms with Crippen molar-refractivity contribution in [3.8, 4) is 11.5 Å². The van der Waals surface area contributed by atoms with E-state index in [4.69, 9.17) is 9.47 Å². The summed E-state index contributed by atoms with van der Waals surface area (Å²) < 4.78 is 12.1. The summed E-state index contributed by atoms with van der Waals surface area (Å²) in [6.45, 7) is 2.58. The van der Waals surface area contributed by atoms with E-state index in [1.807, 2.05) is 0 Å². The Bertz CT molecular complexity index is 888. The number of carbonyl (C=O) groups is 1. The molecule has 2 aliphatic rings. The summed E-state index contributed by atoms with van der Waals surface area (Å²) in [6, 6.07) is 5.10. The third-order valence-electron chi connectivity index (χ3n) is 4.29. The lowest BCUT2D eigenvalue weighted by atomic mass is 10.2. The van der Waals surface area contributed by atoms with Crippen LogP contribution in [0.25, 0.3) is 0 Å². The minimum atomic E-state index is -0.152. The number of hydrogen-bond donors (Lipinski definition) is 0. The second-order valence-electron chi connectivity index (χ2n) is 5.68. The van der Waals surface area contributed by atoms with Crippen molar-refractivity contribution in [2.75, 3.05) is 6.79 Å². The van der Waals surface area contributed by atoms with Crippen molar-refractivity contribution in [1.29, 1.82) is 0 Å². The maximum absolute atomic E-state index is 12.7. The normalized spacial score (nSPS) is 15.0. The Kier molecular flexibility index (Phi) is 2.90. The van der Waals surface area contributed by atoms with Crippen LogP contribution in [0, 0.1) is 6.92 Å². The Hall–Kier alpha value is -2.83. The minimum absolute atomic E-state index is 0.0894. The number of ether oxygens (including phenoxy) is 2. The van der Waals surface area contributed by atoms with Crippen molar-refractivity contribution in [2.45, 2.75) is 20.0 Å². The molecule has 7 nitrogen and oxygen atoms in total. The maximum Gasteiger partial charge on any atom is 0.258 e. The van der Waals surface area contributed by atoms with E-state index in [-0.39, 0.29) is 24.8 Å². The van der Waals surface area contributed by atoms with Gasteiger partial charge in [0.05, 0.1) is 24.3 Å². The molecule has 0 aliphatic carbocycles. The standard InChI is InChI=1S/C16H15N3O4/c1-9-17-12-7-19(6-11(12)16(21)18(9)2)15(20)10-3-4-13-14(5-10)23-8-22-13/h3-5H,6-8H2,1-2H3. The van der Waals surface area contributed by atoms with Crippen LogP contribution in [0.2, 0.25) is 0 Å². The van der Waals surface area contributed by atoms with E-state index in [1.165, 1.54) is 4.57 Å². The molecule has 0 fully saturated rings. The molecule has 4 rings (SSSR count). The second-order valence-corrected chi connectivity index (χ2v) is 5.68. The zero-order valence-electron chi connectivity index (χ0n) is 12.8. The lowest BCUT2D eigenvalue weighted by molar-refractivity contribution is 0.0749. The van der Waals surface area contributed by atoms with Gasteiger partial charge in [-0.05, 0) is 25.1 Å². The summed E-state index contributed by atoms with van der Waals surface area (Å²) in [6.07, 6.45) is 0. The highest BCUT2D eigenvalue weighted by Crippen LogP contribution is 2.33.